The average Bonchev–Trinajstić information content (AvgIpc) is 2.90. The van der Waals surface area contributed by atoms with Gasteiger partial charge in [0.1, 0.15) is 0 Å². The molecule has 2 unspecified atom stereocenters. The third kappa shape index (κ3) is 4.07. The van der Waals surface area contributed by atoms with Gasteiger partial charge in [0.05, 0.1) is 11.4 Å². The Labute approximate surface area is 129 Å². The molecule has 0 spiro atoms. The summed E-state index contributed by atoms with van der Waals surface area (Å²) in [6, 6.07) is 3.52. The van der Waals surface area contributed by atoms with Crippen molar-refractivity contribution in [1.29, 1.82) is 0 Å². The van der Waals surface area contributed by atoms with Crippen molar-refractivity contribution in [2.24, 2.45) is 0 Å². The molecule has 0 bridgehead atoms. The second-order valence-electron chi connectivity index (χ2n) is 6.18. The molecule has 21 heavy (non-hydrogen) atoms. The molecule has 1 fully saturated rings. The van der Waals surface area contributed by atoms with E-state index >= 15 is 0 Å². The van der Waals surface area contributed by atoms with Gasteiger partial charge in [0.25, 0.3) is 0 Å². The number of piperidine rings is 1. The fourth-order valence-corrected chi connectivity index (χ4v) is 3.53. The number of rotatable bonds is 7. The molecular formula is C17H32N4. The van der Waals surface area contributed by atoms with Crippen molar-refractivity contribution in [1.82, 2.24) is 20.0 Å². The van der Waals surface area contributed by atoms with E-state index < -0.39 is 0 Å². The number of likely N-dealkylation sites (N-methyl/N-ethyl adjacent to an activating group) is 1. The second kappa shape index (κ2) is 7.95. The number of nitrogens with one attached hydrogen (secondary N) is 1. The molecule has 0 amide bonds. The van der Waals surface area contributed by atoms with Gasteiger partial charge < -0.3 is 5.32 Å². The molecule has 4 nitrogen and oxygen atoms in total. The van der Waals surface area contributed by atoms with Crippen LogP contribution in [0.5, 0.6) is 0 Å². The van der Waals surface area contributed by atoms with Gasteiger partial charge in [0, 0.05) is 25.2 Å². The minimum Gasteiger partial charge on any atom is -0.313 e. The van der Waals surface area contributed by atoms with Crippen molar-refractivity contribution in [3.63, 3.8) is 0 Å². The molecule has 2 heterocycles. The predicted molar refractivity (Wildman–Crippen MR) is 88.5 cm³/mol. The lowest BCUT2D eigenvalue weighted by Crippen LogP contribution is -2.50. The van der Waals surface area contributed by atoms with Crippen LogP contribution in [0.25, 0.3) is 0 Å². The summed E-state index contributed by atoms with van der Waals surface area (Å²) in [4.78, 5) is 2.67. The van der Waals surface area contributed by atoms with E-state index in [4.69, 9.17) is 5.10 Å². The monoisotopic (exact) mass is 292 g/mol. The van der Waals surface area contributed by atoms with Crippen LogP contribution in [0.2, 0.25) is 0 Å². The van der Waals surface area contributed by atoms with Crippen LogP contribution in [-0.4, -0.2) is 39.9 Å². The van der Waals surface area contributed by atoms with E-state index in [9.17, 15) is 0 Å². The number of likely N-dealkylation sites (tertiary alicyclic amines) is 1. The quantitative estimate of drug-likeness (QED) is 0.839. The Hall–Kier alpha value is -0.870. The number of hydrogen-bond acceptors (Lipinski definition) is 3. The van der Waals surface area contributed by atoms with Crippen LogP contribution in [0.15, 0.2) is 6.07 Å². The molecule has 0 radical (unpaired) electrons. The van der Waals surface area contributed by atoms with Crippen molar-refractivity contribution in [2.75, 3.05) is 13.1 Å². The highest BCUT2D eigenvalue weighted by Gasteiger charge is 2.27. The van der Waals surface area contributed by atoms with Crippen LogP contribution in [0.1, 0.15) is 58.3 Å². The summed E-state index contributed by atoms with van der Waals surface area (Å²) in [5, 5.41) is 8.31. The van der Waals surface area contributed by atoms with Gasteiger partial charge in [-0.1, -0.05) is 20.3 Å². The lowest BCUT2D eigenvalue weighted by molar-refractivity contribution is 0.109. The zero-order valence-corrected chi connectivity index (χ0v) is 14.2. The standard InChI is InChI=1S/C17H32N4/c1-5-15-12-16(21(7-3)19-15)13-20-11-9-8-10-17(20)14(4)18-6-2/h12,14,17-18H,5-11,13H2,1-4H3. The zero-order chi connectivity index (χ0) is 15.2. The lowest BCUT2D eigenvalue weighted by Gasteiger charge is -2.39. The highest BCUT2D eigenvalue weighted by Crippen LogP contribution is 2.22. The molecule has 2 rings (SSSR count). The molecule has 4 heteroatoms. The third-order valence-corrected chi connectivity index (χ3v) is 4.71. The summed E-state index contributed by atoms with van der Waals surface area (Å²) in [6.07, 6.45) is 5.03. The van der Waals surface area contributed by atoms with E-state index in [0.29, 0.717) is 12.1 Å². The first-order valence-corrected chi connectivity index (χ1v) is 8.72. The lowest BCUT2D eigenvalue weighted by atomic mass is 9.96. The van der Waals surface area contributed by atoms with Crippen molar-refractivity contribution >= 4 is 0 Å². The van der Waals surface area contributed by atoms with Gasteiger partial charge in [-0.2, -0.15) is 5.10 Å². The van der Waals surface area contributed by atoms with E-state index in [1.165, 1.54) is 37.2 Å². The maximum absolute atomic E-state index is 4.69. The first kappa shape index (κ1) is 16.5. The van der Waals surface area contributed by atoms with E-state index in [2.05, 4.69) is 48.7 Å². The van der Waals surface area contributed by atoms with Crippen molar-refractivity contribution in [3.05, 3.63) is 17.5 Å². The third-order valence-electron chi connectivity index (χ3n) is 4.71. The van der Waals surface area contributed by atoms with Gasteiger partial charge in [-0.05, 0) is 52.3 Å². The van der Waals surface area contributed by atoms with Crippen LogP contribution >= 0.6 is 0 Å². The van der Waals surface area contributed by atoms with E-state index in [1.807, 2.05) is 0 Å². The van der Waals surface area contributed by atoms with Gasteiger partial charge in [0.15, 0.2) is 0 Å². The summed E-state index contributed by atoms with van der Waals surface area (Å²) < 4.78 is 2.18. The largest absolute Gasteiger partial charge is 0.313 e. The summed E-state index contributed by atoms with van der Waals surface area (Å²) in [5.41, 5.74) is 2.60. The fraction of sp³-hybridized carbons (Fsp3) is 0.824. The molecule has 0 saturated carbocycles. The minimum absolute atomic E-state index is 0.568. The molecule has 1 aromatic heterocycles. The van der Waals surface area contributed by atoms with E-state index in [0.717, 1.165) is 26.1 Å². The first-order valence-electron chi connectivity index (χ1n) is 8.72. The van der Waals surface area contributed by atoms with Crippen LogP contribution in [0.3, 0.4) is 0 Å². The van der Waals surface area contributed by atoms with Gasteiger partial charge in [-0.15, -0.1) is 0 Å². The smallest absolute Gasteiger partial charge is 0.0625 e. The molecule has 0 aromatic carbocycles. The summed E-state index contributed by atoms with van der Waals surface area (Å²) in [5.74, 6) is 0. The molecule has 1 saturated heterocycles. The molecule has 120 valence electrons. The maximum atomic E-state index is 4.69. The number of aryl methyl sites for hydroxylation is 2. The molecular weight excluding hydrogens is 260 g/mol. The highest BCUT2D eigenvalue weighted by atomic mass is 15.3. The van der Waals surface area contributed by atoms with Crippen LogP contribution < -0.4 is 5.32 Å². The maximum Gasteiger partial charge on any atom is 0.0625 e. The minimum atomic E-state index is 0.568. The SMILES string of the molecule is CCNC(C)C1CCCCN1Cc1cc(CC)nn1CC. The predicted octanol–water partition coefficient (Wildman–Crippen LogP) is 2.82. The molecule has 1 aliphatic rings. The molecule has 0 aliphatic carbocycles. The Kier molecular flexibility index (Phi) is 6.24. The zero-order valence-electron chi connectivity index (χ0n) is 14.2. The summed E-state index contributed by atoms with van der Waals surface area (Å²) >= 11 is 0. The highest BCUT2D eigenvalue weighted by molar-refractivity contribution is 5.11. The normalized spacial score (nSPS) is 21.6. The number of hydrogen-bond donors (Lipinski definition) is 1. The van der Waals surface area contributed by atoms with E-state index in [1.54, 1.807) is 0 Å². The Morgan fingerprint density at radius 2 is 2.14 bits per heavy atom. The van der Waals surface area contributed by atoms with Gasteiger partial charge in [0.2, 0.25) is 0 Å². The Balaban J connectivity index is 2.09. The Morgan fingerprint density at radius 3 is 2.81 bits per heavy atom. The second-order valence-corrected chi connectivity index (χ2v) is 6.18. The van der Waals surface area contributed by atoms with Crippen molar-refractivity contribution in [2.45, 2.75) is 78.6 Å². The Morgan fingerprint density at radius 1 is 1.33 bits per heavy atom. The van der Waals surface area contributed by atoms with Gasteiger partial charge in [-0.3, -0.25) is 9.58 Å². The van der Waals surface area contributed by atoms with Crippen LogP contribution in [0.4, 0.5) is 0 Å². The molecule has 2 atom stereocenters. The van der Waals surface area contributed by atoms with Crippen LogP contribution in [-0.2, 0) is 19.5 Å². The number of aromatic nitrogens is 2. The average molecular weight is 292 g/mol. The molecule has 1 N–H and O–H groups in total. The molecule has 1 aromatic rings. The summed E-state index contributed by atoms with van der Waals surface area (Å²) in [7, 11) is 0. The Bertz CT molecular complexity index is 426. The van der Waals surface area contributed by atoms with Gasteiger partial charge >= 0.3 is 0 Å². The molecule has 1 aliphatic heterocycles. The van der Waals surface area contributed by atoms with Crippen molar-refractivity contribution in [3.8, 4) is 0 Å². The van der Waals surface area contributed by atoms with E-state index in [-0.39, 0.29) is 0 Å². The topological polar surface area (TPSA) is 33.1 Å². The summed E-state index contributed by atoms with van der Waals surface area (Å²) in [6.45, 7) is 13.2. The van der Waals surface area contributed by atoms with Gasteiger partial charge in [-0.25, -0.2) is 0 Å². The van der Waals surface area contributed by atoms with Crippen LogP contribution in [0, 0.1) is 0 Å². The first-order chi connectivity index (χ1) is 10.2. The number of nitrogens with zero attached hydrogens (tertiary/aromatic N) is 3. The van der Waals surface area contributed by atoms with Crippen molar-refractivity contribution < 1.29 is 0 Å². The fourth-order valence-electron chi connectivity index (χ4n) is 3.53.